The summed E-state index contributed by atoms with van der Waals surface area (Å²) in [5.74, 6) is -1.30. The number of hydrogen-bond acceptors (Lipinski definition) is 9. The van der Waals surface area contributed by atoms with Crippen molar-refractivity contribution in [2.24, 2.45) is 0 Å². The van der Waals surface area contributed by atoms with Crippen molar-refractivity contribution >= 4 is 50.5 Å². The fourth-order valence-electron chi connectivity index (χ4n) is 6.50. The number of rotatable bonds is 8. The number of cyclic esters (lactones) is 1. The van der Waals surface area contributed by atoms with E-state index in [9.17, 15) is 24.3 Å². The minimum atomic E-state index is -1.98. The van der Waals surface area contributed by atoms with Crippen molar-refractivity contribution in [3.8, 4) is 11.4 Å². The number of aliphatic hydroxyl groups is 1. The molecule has 0 unspecified atom stereocenters. The molecule has 3 aliphatic rings. The zero-order chi connectivity index (χ0) is 32.4. The maximum absolute atomic E-state index is 15.1. The monoisotopic (exact) mass is 656 g/mol. The van der Waals surface area contributed by atoms with E-state index in [2.05, 4.69) is 10.6 Å². The van der Waals surface area contributed by atoms with Gasteiger partial charge in [-0.15, -0.1) is 0 Å². The van der Waals surface area contributed by atoms with Crippen LogP contribution < -0.4 is 16.2 Å². The molecule has 0 saturated carbocycles. The van der Waals surface area contributed by atoms with E-state index in [4.69, 9.17) is 14.8 Å². The van der Waals surface area contributed by atoms with Gasteiger partial charge in [-0.05, 0) is 62.8 Å². The van der Waals surface area contributed by atoms with Crippen molar-refractivity contribution in [1.29, 1.82) is 0 Å². The first-order chi connectivity index (χ1) is 21.3. The molecule has 0 spiro atoms. The summed E-state index contributed by atoms with van der Waals surface area (Å²) in [6, 6.07) is 2.56. The number of benzene rings is 1. The molecule has 238 valence electrons. The van der Waals surface area contributed by atoms with Gasteiger partial charge in [-0.3, -0.25) is 9.59 Å². The van der Waals surface area contributed by atoms with E-state index < -0.39 is 39.8 Å². The van der Waals surface area contributed by atoms with Gasteiger partial charge < -0.3 is 30.2 Å². The number of carbonyl (C=O) groups is 3. The van der Waals surface area contributed by atoms with Crippen molar-refractivity contribution in [3.63, 3.8) is 0 Å². The molecule has 0 saturated heterocycles. The van der Waals surface area contributed by atoms with E-state index >= 15 is 4.39 Å². The van der Waals surface area contributed by atoms with E-state index in [0.29, 0.717) is 35.3 Å². The SMILES string of the molecule is CC[C@@]1(O)C(=O)OCc2c1cc1n(c2=O)Cc2c-1nc1cc(F)c(C)c3c1c2[C@@H](NC(=O)CSSC(C)(C)CNC(=O)O)CC3. The van der Waals surface area contributed by atoms with Gasteiger partial charge in [-0.2, -0.15) is 0 Å². The first-order valence-corrected chi connectivity index (χ1v) is 17.0. The number of ether oxygens (including phenoxy) is 1. The quantitative estimate of drug-likeness (QED) is 0.161. The number of aryl methyl sites for hydroxylation is 1. The van der Waals surface area contributed by atoms with Crippen LogP contribution in [0, 0.1) is 12.7 Å². The number of carboxylic acid groups (broad SMARTS) is 1. The highest BCUT2D eigenvalue weighted by atomic mass is 33.1. The summed E-state index contributed by atoms with van der Waals surface area (Å²) in [4.78, 5) is 55.3. The molecule has 14 heteroatoms. The maximum atomic E-state index is 15.1. The van der Waals surface area contributed by atoms with E-state index in [-0.39, 0.29) is 48.9 Å². The number of halogens is 1. The van der Waals surface area contributed by atoms with Gasteiger partial charge in [0.2, 0.25) is 5.91 Å². The predicted octanol–water partition coefficient (Wildman–Crippen LogP) is 4.06. The van der Waals surface area contributed by atoms with Crippen LogP contribution in [0.5, 0.6) is 0 Å². The maximum Gasteiger partial charge on any atom is 0.404 e. The average molecular weight is 657 g/mol. The number of nitrogens with zero attached hydrogens (tertiary/aromatic N) is 2. The average Bonchev–Trinajstić information content (AvgIpc) is 3.36. The fourth-order valence-corrected chi connectivity index (χ4v) is 8.83. The van der Waals surface area contributed by atoms with Crippen LogP contribution in [0.3, 0.4) is 0 Å². The molecule has 4 heterocycles. The summed E-state index contributed by atoms with van der Waals surface area (Å²) in [7, 11) is 2.74. The highest BCUT2D eigenvalue weighted by molar-refractivity contribution is 8.77. The molecular weight excluding hydrogens is 623 g/mol. The molecule has 11 nitrogen and oxygen atoms in total. The van der Waals surface area contributed by atoms with Gasteiger partial charge >= 0.3 is 12.1 Å². The molecule has 2 aliphatic heterocycles. The van der Waals surface area contributed by atoms with Gasteiger partial charge in [0.15, 0.2) is 5.60 Å². The fraction of sp³-hybridized carbons (Fsp3) is 0.452. The Morgan fingerprint density at radius 1 is 1.24 bits per heavy atom. The number of esters is 1. The van der Waals surface area contributed by atoms with Crippen LogP contribution in [0.2, 0.25) is 0 Å². The van der Waals surface area contributed by atoms with Crippen LogP contribution in [-0.2, 0) is 39.5 Å². The zero-order valence-corrected chi connectivity index (χ0v) is 26.8. The van der Waals surface area contributed by atoms with Crippen molar-refractivity contribution in [2.45, 2.75) is 76.5 Å². The topological polar surface area (TPSA) is 160 Å². The second-order valence-corrected chi connectivity index (χ2v) is 15.2. The second kappa shape index (κ2) is 11.3. The Labute approximate surface area is 265 Å². The summed E-state index contributed by atoms with van der Waals surface area (Å²) >= 11 is 0. The molecule has 2 aromatic heterocycles. The molecule has 4 N–H and O–H groups in total. The number of fused-ring (bicyclic) bond motifs is 5. The minimum absolute atomic E-state index is 0.0104. The Kier molecular flexibility index (Phi) is 7.89. The highest BCUT2D eigenvalue weighted by Gasteiger charge is 2.46. The lowest BCUT2D eigenvalue weighted by Gasteiger charge is -2.31. The third-order valence-electron chi connectivity index (χ3n) is 8.85. The summed E-state index contributed by atoms with van der Waals surface area (Å²) in [6.07, 6.45) is -0.0579. The molecule has 45 heavy (non-hydrogen) atoms. The van der Waals surface area contributed by atoms with Crippen LogP contribution in [0.25, 0.3) is 22.3 Å². The van der Waals surface area contributed by atoms with Gasteiger partial charge in [0, 0.05) is 33.9 Å². The smallest absolute Gasteiger partial charge is 0.404 e. The van der Waals surface area contributed by atoms with Crippen LogP contribution in [0.15, 0.2) is 16.9 Å². The highest BCUT2D eigenvalue weighted by Crippen LogP contribution is 2.46. The van der Waals surface area contributed by atoms with Crippen molar-refractivity contribution < 1.29 is 33.7 Å². The molecule has 3 aromatic rings. The normalized spacial score (nSPS) is 19.9. The zero-order valence-electron chi connectivity index (χ0n) is 25.2. The summed E-state index contributed by atoms with van der Waals surface area (Å²) < 4.78 is 21.4. The Morgan fingerprint density at radius 3 is 2.71 bits per heavy atom. The van der Waals surface area contributed by atoms with Crippen LogP contribution in [-0.4, -0.2) is 54.8 Å². The van der Waals surface area contributed by atoms with Gasteiger partial charge in [-0.25, -0.2) is 19.0 Å². The summed E-state index contributed by atoms with van der Waals surface area (Å²) in [6.45, 7) is 7.26. The van der Waals surface area contributed by atoms with Crippen molar-refractivity contribution in [1.82, 2.24) is 20.2 Å². The van der Waals surface area contributed by atoms with Crippen molar-refractivity contribution in [2.75, 3.05) is 12.3 Å². The molecule has 0 radical (unpaired) electrons. The van der Waals surface area contributed by atoms with Crippen LogP contribution >= 0.6 is 21.6 Å². The third kappa shape index (κ3) is 5.26. The first-order valence-electron chi connectivity index (χ1n) is 14.6. The molecule has 0 fully saturated rings. The van der Waals surface area contributed by atoms with Gasteiger partial charge in [0.1, 0.15) is 12.4 Å². The number of amides is 2. The Balaban J connectivity index is 1.39. The third-order valence-corrected chi connectivity index (χ3v) is 12.0. The summed E-state index contributed by atoms with van der Waals surface area (Å²) in [5, 5.41) is 26.4. The summed E-state index contributed by atoms with van der Waals surface area (Å²) in [5.41, 5.74) is 2.15. The van der Waals surface area contributed by atoms with Gasteiger partial charge in [0.25, 0.3) is 5.56 Å². The standard InChI is InChI=1S/C31H33FN4O7S2/c1-5-31(42)18-8-22-26-16(10-36(22)27(38)17(18)11-43-28(31)39)25-20(7-6-15-14(2)19(32)9-21(35-26)24(15)25)34-23(37)12-44-45-30(3,4)13-33-29(40)41/h8-9,20,33,42H,5-7,10-13H2,1-4H3,(H,34,37)(H,40,41)/t20-,31-/m0/s1. The van der Waals surface area contributed by atoms with E-state index in [0.717, 1.165) is 22.1 Å². The molecule has 2 atom stereocenters. The number of pyridine rings is 2. The van der Waals surface area contributed by atoms with Gasteiger partial charge in [0.05, 0.1) is 40.8 Å². The van der Waals surface area contributed by atoms with E-state index in [1.807, 2.05) is 13.8 Å². The predicted molar refractivity (Wildman–Crippen MR) is 169 cm³/mol. The number of aromatic nitrogens is 2. The van der Waals surface area contributed by atoms with E-state index in [1.165, 1.54) is 32.2 Å². The Morgan fingerprint density at radius 2 is 2.00 bits per heavy atom. The molecule has 1 aromatic carbocycles. The van der Waals surface area contributed by atoms with Crippen LogP contribution in [0.4, 0.5) is 9.18 Å². The molecular formula is C31H33FN4O7S2. The molecule has 6 rings (SSSR count). The van der Waals surface area contributed by atoms with E-state index in [1.54, 1.807) is 19.9 Å². The van der Waals surface area contributed by atoms with Crippen LogP contribution in [0.1, 0.15) is 73.0 Å². The lowest BCUT2D eigenvalue weighted by molar-refractivity contribution is -0.172. The number of hydrogen-bond donors (Lipinski definition) is 4. The molecule has 1 aliphatic carbocycles. The Hall–Kier alpha value is -3.62. The lowest BCUT2D eigenvalue weighted by Crippen LogP contribution is -2.44. The van der Waals surface area contributed by atoms with Gasteiger partial charge in [-0.1, -0.05) is 28.5 Å². The number of nitrogens with one attached hydrogen (secondary N) is 2. The second-order valence-electron chi connectivity index (χ2n) is 12.2. The number of carbonyl (C=O) groups excluding carboxylic acids is 2. The molecule has 2 amide bonds. The first kappa shape index (κ1) is 31.4. The molecule has 0 bridgehead atoms. The Bertz CT molecular complexity index is 1860. The van der Waals surface area contributed by atoms with Crippen molar-refractivity contribution in [3.05, 3.63) is 61.7 Å². The lowest BCUT2D eigenvalue weighted by atomic mass is 9.81. The minimum Gasteiger partial charge on any atom is -0.465 e. The largest absolute Gasteiger partial charge is 0.465 e.